The van der Waals surface area contributed by atoms with Crippen molar-refractivity contribution < 1.29 is 29.1 Å². The first-order chi connectivity index (χ1) is 14.1. The summed E-state index contributed by atoms with van der Waals surface area (Å²) in [4.78, 5) is 12.4. The summed E-state index contributed by atoms with van der Waals surface area (Å²) < 4.78 is 10.9. The fraction of sp³-hybridized carbons (Fsp3) is 0.286. The molecule has 29 heavy (non-hydrogen) atoms. The van der Waals surface area contributed by atoms with Crippen LogP contribution in [0.15, 0.2) is 59.2 Å². The number of aliphatic hydroxyl groups excluding tert-OH is 1. The third kappa shape index (κ3) is 5.84. The van der Waals surface area contributed by atoms with E-state index in [9.17, 15) is 14.8 Å². The Labute approximate surface area is 169 Å². The van der Waals surface area contributed by atoms with Crippen molar-refractivity contribution in [3.63, 3.8) is 0 Å². The van der Waals surface area contributed by atoms with Gasteiger partial charge < -0.3 is 29.6 Å². The smallest absolute Gasteiger partial charge is 0.475 e. The zero-order valence-electron chi connectivity index (χ0n) is 16.0. The maximum atomic E-state index is 12.4. The van der Waals surface area contributed by atoms with E-state index < -0.39 is 13.1 Å². The van der Waals surface area contributed by atoms with E-state index in [1.165, 1.54) is 0 Å². The predicted octanol–water partition coefficient (Wildman–Crippen LogP) is 1.48. The molecule has 1 heterocycles. The minimum absolute atomic E-state index is 0.0741. The number of ether oxygens (including phenoxy) is 1. The molecule has 3 rings (SSSR count). The Morgan fingerprint density at radius 3 is 2.62 bits per heavy atom. The Morgan fingerprint density at radius 1 is 1.14 bits per heavy atom. The van der Waals surface area contributed by atoms with Gasteiger partial charge in [-0.05, 0) is 35.7 Å². The van der Waals surface area contributed by atoms with Gasteiger partial charge in [0.2, 0.25) is 5.91 Å². The highest BCUT2D eigenvalue weighted by Crippen LogP contribution is 2.22. The third-order valence-electron chi connectivity index (χ3n) is 4.57. The van der Waals surface area contributed by atoms with E-state index >= 15 is 0 Å². The lowest BCUT2D eigenvalue weighted by atomic mass is 9.75. The maximum Gasteiger partial charge on any atom is 0.475 e. The van der Waals surface area contributed by atoms with Crippen molar-refractivity contribution in [3.05, 3.63) is 65.9 Å². The quantitative estimate of drug-likeness (QED) is 0.305. The van der Waals surface area contributed by atoms with Gasteiger partial charge in [0.15, 0.2) is 0 Å². The number of amides is 1. The Hall–Kier alpha value is -2.81. The fourth-order valence-electron chi connectivity index (χ4n) is 3.06. The van der Waals surface area contributed by atoms with Crippen LogP contribution in [0.5, 0.6) is 5.75 Å². The van der Waals surface area contributed by atoms with Crippen molar-refractivity contribution in [1.29, 1.82) is 0 Å². The molecule has 1 aromatic heterocycles. The van der Waals surface area contributed by atoms with Crippen molar-refractivity contribution in [2.45, 2.75) is 25.2 Å². The molecule has 3 aromatic rings. The molecule has 0 spiro atoms. The van der Waals surface area contributed by atoms with Crippen LogP contribution in [-0.4, -0.2) is 47.3 Å². The Morgan fingerprint density at radius 2 is 1.90 bits per heavy atom. The number of aliphatic hydroxyl groups is 1. The monoisotopic (exact) mass is 397 g/mol. The Kier molecular flexibility index (Phi) is 7.29. The second-order valence-electron chi connectivity index (χ2n) is 6.80. The van der Waals surface area contributed by atoms with Crippen molar-refractivity contribution in [3.8, 4) is 5.75 Å². The van der Waals surface area contributed by atoms with Crippen LogP contribution in [0, 0.1) is 0 Å². The molecule has 2 aromatic carbocycles. The highest BCUT2D eigenvalue weighted by atomic mass is 16.5. The molecule has 0 bridgehead atoms. The van der Waals surface area contributed by atoms with E-state index in [1.54, 1.807) is 30.5 Å². The Balaban J connectivity index is 1.58. The molecule has 0 aliphatic heterocycles. The van der Waals surface area contributed by atoms with Gasteiger partial charge in [0.1, 0.15) is 11.3 Å². The van der Waals surface area contributed by atoms with Crippen LogP contribution in [0.2, 0.25) is 0 Å². The molecule has 1 amide bonds. The lowest BCUT2D eigenvalue weighted by Crippen LogP contribution is -2.48. The molecule has 0 aliphatic rings. The fourth-order valence-corrected chi connectivity index (χ4v) is 3.06. The molecule has 4 N–H and O–H groups in total. The standard InChI is InChI=1S/C21H24BNO6/c24-10-3-11-28-17-8-6-15(7-9-17)12-21(25)23-20(22(26)27)13-16-14-29-19-5-2-1-4-18(16)19/h1-2,4-9,14,20,24,26-27H,3,10-13H2,(H,23,25)/t20-/m0/s1. The SMILES string of the molecule is O=C(Cc1ccc(OCCCO)cc1)N[C@@H](Cc1coc2ccccc12)B(O)O. The van der Waals surface area contributed by atoms with Gasteiger partial charge in [-0.3, -0.25) is 4.79 Å². The lowest BCUT2D eigenvalue weighted by molar-refractivity contribution is -0.120. The number of rotatable bonds is 10. The summed E-state index contributed by atoms with van der Waals surface area (Å²) in [5, 5.41) is 31.8. The zero-order chi connectivity index (χ0) is 20.6. The van der Waals surface area contributed by atoms with E-state index in [4.69, 9.17) is 14.3 Å². The molecule has 0 saturated heterocycles. The summed E-state index contributed by atoms with van der Waals surface area (Å²) in [5.74, 6) is -0.507. The number of nitrogens with one attached hydrogen (secondary N) is 1. The number of hydrogen-bond donors (Lipinski definition) is 4. The average Bonchev–Trinajstić information content (AvgIpc) is 3.12. The van der Waals surface area contributed by atoms with Crippen LogP contribution in [0.4, 0.5) is 0 Å². The molecule has 0 radical (unpaired) electrons. The summed E-state index contributed by atoms with van der Waals surface area (Å²) in [7, 11) is -1.70. The van der Waals surface area contributed by atoms with E-state index in [0.717, 1.165) is 16.5 Å². The number of hydrogen-bond acceptors (Lipinski definition) is 6. The highest BCUT2D eigenvalue weighted by Gasteiger charge is 2.27. The largest absolute Gasteiger partial charge is 0.494 e. The van der Waals surface area contributed by atoms with Gasteiger partial charge in [-0.1, -0.05) is 30.3 Å². The van der Waals surface area contributed by atoms with Crippen molar-refractivity contribution in [1.82, 2.24) is 5.32 Å². The molecule has 152 valence electrons. The molecule has 0 aliphatic carbocycles. The molecular weight excluding hydrogens is 373 g/mol. The first kappa shape index (κ1) is 20.9. The van der Waals surface area contributed by atoms with E-state index in [0.29, 0.717) is 24.4 Å². The van der Waals surface area contributed by atoms with Crippen LogP contribution < -0.4 is 10.1 Å². The molecule has 8 heteroatoms. The summed E-state index contributed by atoms with van der Waals surface area (Å²) in [6, 6.07) is 14.5. The molecular formula is C21H24BNO6. The van der Waals surface area contributed by atoms with Gasteiger partial charge >= 0.3 is 7.12 Å². The normalized spacial score (nSPS) is 12.0. The second-order valence-corrected chi connectivity index (χ2v) is 6.80. The lowest BCUT2D eigenvalue weighted by Gasteiger charge is -2.17. The van der Waals surface area contributed by atoms with Crippen LogP contribution >= 0.6 is 0 Å². The summed E-state index contributed by atoms with van der Waals surface area (Å²) >= 11 is 0. The molecule has 0 fully saturated rings. The number of carbonyl (C=O) groups excluding carboxylic acids is 1. The molecule has 0 saturated carbocycles. The number of para-hydroxylation sites is 1. The topological polar surface area (TPSA) is 112 Å². The van der Waals surface area contributed by atoms with E-state index in [-0.39, 0.29) is 25.4 Å². The van der Waals surface area contributed by atoms with E-state index in [1.807, 2.05) is 24.3 Å². The van der Waals surface area contributed by atoms with Gasteiger partial charge in [-0.2, -0.15) is 0 Å². The number of carbonyl (C=O) groups is 1. The minimum atomic E-state index is -1.70. The second kappa shape index (κ2) is 10.1. The van der Waals surface area contributed by atoms with Crippen molar-refractivity contribution in [2.75, 3.05) is 13.2 Å². The summed E-state index contributed by atoms with van der Waals surface area (Å²) in [5.41, 5.74) is 2.28. The first-order valence-corrected chi connectivity index (χ1v) is 9.50. The number of benzene rings is 2. The number of furan rings is 1. The summed E-state index contributed by atoms with van der Waals surface area (Å²) in [6.07, 6.45) is 2.47. The van der Waals surface area contributed by atoms with Crippen LogP contribution in [0.1, 0.15) is 17.5 Å². The third-order valence-corrected chi connectivity index (χ3v) is 4.57. The van der Waals surface area contributed by atoms with Gasteiger partial charge in [0.25, 0.3) is 0 Å². The van der Waals surface area contributed by atoms with Crippen LogP contribution in [-0.2, 0) is 17.6 Å². The maximum absolute atomic E-state index is 12.4. The van der Waals surface area contributed by atoms with Crippen LogP contribution in [0.25, 0.3) is 11.0 Å². The van der Waals surface area contributed by atoms with Crippen molar-refractivity contribution >= 4 is 24.0 Å². The van der Waals surface area contributed by atoms with Gasteiger partial charge in [0, 0.05) is 18.4 Å². The summed E-state index contributed by atoms with van der Waals surface area (Å²) in [6.45, 7) is 0.500. The number of fused-ring (bicyclic) bond motifs is 1. The molecule has 1 atom stereocenters. The average molecular weight is 397 g/mol. The van der Waals surface area contributed by atoms with Gasteiger partial charge in [-0.25, -0.2) is 0 Å². The van der Waals surface area contributed by atoms with Gasteiger partial charge in [0.05, 0.1) is 25.2 Å². The van der Waals surface area contributed by atoms with Gasteiger partial charge in [-0.15, -0.1) is 0 Å². The molecule has 7 nitrogen and oxygen atoms in total. The zero-order valence-corrected chi connectivity index (χ0v) is 16.0. The highest BCUT2D eigenvalue weighted by molar-refractivity contribution is 6.43. The molecule has 0 unspecified atom stereocenters. The minimum Gasteiger partial charge on any atom is -0.494 e. The van der Waals surface area contributed by atoms with Crippen LogP contribution in [0.3, 0.4) is 0 Å². The first-order valence-electron chi connectivity index (χ1n) is 9.50. The van der Waals surface area contributed by atoms with E-state index in [2.05, 4.69) is 5.32 Å². The van der Waals surface area contributed by atoms with Crippen molar-refractivity contribution in [2.24, 2.45) is 0 Å². The Bertz CT molecular complexity index is 924. The predicted molar refractivity (Wildman–Crippen MR) is 109 cm³/mol.